The number of amides is 2. The lowest BCUT2D eigenvalue weighted by atomic mass is 10.1. The van der Waals surface area contributed by atoms with E-state index in [1.165, 1.54) is 0 Å². The number of carbonyl (C=O) groups is 1. The molecule has 2 amide bonds. The topological polar surface area (TPSA) is 44.8 Å². The summed E-state index contributed by atoms with van der Waals surface area (Å²) < 4.78 is 17.0. The van der Waals surface area contributed by atoms with Crippen molar-refractivity contribution < 1.29 is 13.9 Å². The summed E-state index contributed by atoms with van der Waals surface area (Å²) in [5.41, 5.74) is 3.61. The Morgan fingerprint density at radius 1 is 1.39 bits per heavy atom. The lowest BCUT2D eigenvalue weighted by Crippen LogP contribution is -2.38. The van der Waals surface area contributed by atoms with Crippen molar-refractivity contribution in [1.29, 1.82) is 0 Å². The molecule has 1 aliphatic rings. The van der Waals surface area contributed by atoms with E-state index in [2.05, 4.69) is 5.43 Å². The number of nitrogens with one attached hydrogen (secondary N) is 1. The summed E-state index contributed by atoms with van der Waals surface area (Å²) in [6.45, 7) is 4.08. The predicted octanol–water partition coefficient (Wildman–Crippen LogP) is 4.52. The van der Waals surface area contributed by atoms with Gasteiger partial charge in [-0.25, -0.2) is 4.79 Å². The Bertz CT molecular complexity index is 554. The van der Waals surface area contributed by atoms with Crippen molar-refractivity contribution in [2.24, 2.45) is 5.92 Å². The van der Waals surface area contributed by atoms with Gasteiger partial charge in [0.1, 0.15) is 11.9 Å². The van der Waals surface area contributed by atoms with Crippen molar-refractivity contribution in [3.63, 3.8) is 0 Å². The maximum atomic E-state index is 13.5. The summed E-state index contributed by atoms with van der Waals surface area (Å²) in [7, 11) is 1.57. The fourth-order valence-electron chi connectivity index (χ4n) is 2.29. The van der Waals surface area contributed by atoms with Gasteiger partial charge in [0.2, 0.25) is 0 Å². The van der Waals surface area contributed by atoms with Crippen LogP contribution >= 0.6 is 35.1 Å². The Morgan fingerprint density at radius 2 is 2.00 bits per heavy atom. The third kappa shape index (κ3) is 4.79. The van der Waals surface area contributed by atoms with Gasteiger partial charge in [-0.15, -0.1) is 0 Å². The number of halogens is 3. The van der Waals surface area contributed by atoms with E-state index < -0.39 is 9.95 Å². The van der Waals surface area contributed by atoms with E-state index in [1.807, 2.05) is 13.8 Å². The van der Waals surface area contributed by atoms with Crippen molar-refractivity contribution in [3.8, 4) is 5.75 Å². The number of nitrogens with zero attached hydrogens (tertiary/aromatic N) is 2. The summed E-state index contributed by atoms with van der Waals surface area (Å²) in [6, 6.07) is 6.61. The molecule has 1 atom stereocenters. The first-order valence-corrected chi connectivity index (χ1v) is 8.53. The quantitative estimate of drug-likeness (QED) is 0.581. The summed E-state index contributed by atoms with van der Waals surface area (Å²) >= 11 is 11.1. The molecule has 0 aliphatic carbocycles. The molecular weight excluding hydrogens is 364 g/mol. The minimum absolute atomic E-state index is 0.320. The van der Waals surface area contributed by atoms with E-state index in [9.17, 15) is 9.18 Å². The van der Waals surface area contributed by atoms with Gasteiger partial charge in [0.25, 0.3) is 0 Å². The van der Waals surface area contributed by atoms with E-state index >= 15 is 0 Å². The van der Waals surface area contributed by atoms with Gasteiger partial charge in [-0.1, -0.05) is 37.0 Å². The fourth-order valence-corrected chi connectivity index (χ4v) is 3.25. The van der Waals surface area contributed by atoms with Crippen molar-refractivity contribution in [2.75, 3.05) is 12.0 Å². The van der Waals surface area contributed by atoms with Crippen molar-refractivity contribution in [1.82, 2.24) is 9.84 Å². The number of hydrogen-bond acceptors (Lipinski definition) is 4. The monoisotopic (exact) mass is 381 g/mol. The van der Waals surface area contributed by atoms with Crippen LogP contribution in [0.1, 0.15) is 20.3 Å². The number of hydrogen-bond donors (Lipinski definition) is 1. The Morgan fingerprint density at radius 3 is 2.48 bits per heavy atom. The van der Waals surface area contributed by atoms with Gasteiger partial charge >= 0.3 is 9.95 Å². The fraction of sp³-hybridized carbons (Fsp3) is 0.500. The number of hydrazine groups is 1. The first-order valence-electron chi connectivity index (χ1n) is 7.00. The van der Waals surface area contributed by atoms with Crippen molar-refractivity contribution in [3.05, 3.63) is 24.3 Å². The second-order valence-electron chi connectivity index (χ2n) is 5.46. The zero-order valence-electron chi connectivity index (χ0n) is 12.9. The molecule has 2 rings (SSSR count). The highest BCUT2D eigenvalue weighted by molar-refractivity contribution is 8.01. The van der Waals surface area contributed by atoms with Gasteiger partial charge in [-0.2, -0.15) is 14.2 Å². The second kappa shape index (κ2) is 7.34. The van der Waals surface area contributed by atoms with E-state index in [4.69, 9.17) is 27.9 Å². The highest BCUT2D eigenvalue weighted by atomic mass is 35.5. The van der Waals surface area contributed by atoms with Crippen LogP contribution in [-0.2, 0) is 0 Å². The van der Waals surface area contributed by atoms with Crippen LogP contribution in [0.4, 0.5) is 14.9 Å². The minimum atomic E-state index is -2.60. The zero-order valence-corrected chi connectivity index (χ0v) is 15.3. The van der Waals surface area contributed by atoms with Crippen LogP contribution in [0.3, 0.4) is 0 Å². The summed E-state index contributed by atoms with van der Waals surface area (Å²) in [5.74, 6) is 1.01. The number of ether oxygens (including phenoxy) is 1. The molecule has 1 aromatic rings. The number of benzene rings is 1. The van der Waals surface area contributed by atoms with Crippen LogP contribution in [0.25, 0.3) is 0 Å². The van der Waals surface area contributed by atoms with Gasteiger partial charge < -0.3 is 4.74 Å². The van der Waals surface area contributed by atoms with Gasteiger partial charge in [-0.3, -0.25) is 4.90 Å². The minimum Gasteiger partial charge on any atom is -0.497 e. The molecule has 9 heteroatoms. The molecule has 23 heavy (non-hydrogen) atoms. The summed E-state index contributed by atoms with van der Waals surface area (Å²) in [4.78, 5) is 14.1. The van der Waals surface area contributed by atoms with Crippen LogP contribution in [0.2, 0.25) is 0 Å². The molecule has 1 aromatic carbocycles. The van der Waals surface area contributed by atoms with Gasteiger partial charge in [-0.05, 0) is 36.6 Å². The van der Waals surface area contributed by atoms with Crippen molar-refractivity contribution in [2.45, 2.75) is 30.4 Å². The third-order valence-electron chi connectivity index (χ3n) is 3.20. The number of alkyl halides is 3. The average molecular weight is 382 g/mol. The molecule has 128 valence electrons. The highest BCUT2D eigenvalue weighted by Crippen LogP contribution is 2.40. The number of anilines is 1. The molecule has 5 nitrogen and oxygen atoms in total. The summed E-state index contributed by atoms with van der Waals surface area (Å²) in [5, 5.41) is 0. The standard InChI is InChI=1S/C14H18Cl2FN3O2S/c1-9(2)8-12-18-20(23-14(15,16)17)13(21)19(12)10-4-6-11(22-3)7-5-10/h4-7,9,12,18H,8H2,1-3H3. The van der Waals surface area contributed by atoms with E-state index in [0.29, 0.717) is 35.7 Å². The summed E-state index contributed by atoms with van der Waals surface area (Å²) in [6.07, 6.45) is 0.359. The first kappa shape index (κ1) is 18.4. The van der Waals surface area contributed by atoms with Crippen LogP contribution in [0, 0.1) is 5.92 Å². The Hall–Kier alpha value is -0.890. The smallest absolute Gasteiger partial charge is 0.350 e. The van der Waals surface area contributed by atoms with Gasteiger partial charge in [0.15, 0.2) is 0 Å². The highest BCUT2D eigenvalue weighted by Gasteiger charge is 2.42. The maximum Gasteiger partial charge on any atom is 0.350 e. The molecule has 1 fully saturated rings. The van der Waals surface area contributed by atoms with Crippen LogP contribution in [0.15, 0.2) is 24.3 Å². The largest absolute Gasteiger partial charge is 0.497 e. The van der Waals surface area contributed by atoms with E-state index in [1.54, 1.807) is 36.3 Å². The molecule has 0 radical (unpaired) electrons. The Balaban J connectivity index is 2.26. The molecule has 0 saturated carbocycles. The van der Waals surface area contributed by atoms with Crippen molar-refractivity contribution >= 4 is 46.9 Å². The lowest BCUT2D eigenvalue weighted by Gasteiger charge is -2.23. The number of methoxy groups -OCH3 is 1. The van der Waals surface area contributed by atoms with Crippen LogP contribution < -0.4 is 15.1 Å². The molecule has 1 unspecified atom stereocenters. The molecular formula is C14H18Cl2FN3O2S. The SMILES string of the molecule is COc1ccc(N2C(=O)N(SC(F)(Cl)Cl)NC2CC(C)C)cc1. The predicted molar refractivity (Wildman–Crippen MR) is 92.2 cm³/mol. The number of urea groups is 1. The van der Waals surface area contributed by atoms with Crippen LogP contribution in [-0.4, -0.2) is 27.6 Å². The number of carbonyl (C=O) groups excluding carboxylic acids is 1. The van der Waals surface area contributed by atoms with Crippen LogP contribution in [0.5, 0.6) is 5.75 Å². The molecule has 1 heterocycles. The molecule has 1 aliphatic heterocycles. The normalized spacial score (nSPS) is 18.9. The maximum absolute atomic E-state index is 13.5. The van der Waals surface area contributed by atoms with E-state index in [0.717, 1.165) is 4.41 Å². The first-order chi connectivity index (χ1) is 10.7. The molecule has 1 saturated heterocycles. The van der Waals surface area contributed by atoms with E-state index in [-0.39, 0.29) is 6.17 Å². The van der Waals surface area contributed by atoms with Gasteiger partial charge in [0.05, 0.1) is 7.11 Å². The Labute approximate surface area is 149 Å². The molecule has 0 bridgehead atoms. The molecule has 0 aromatic heterocycles. The lowest BCUT2D eigenvalue weighted by molar-refractivity contribution is 0.235. The zero-order chi connectivity index (χ0) is 17.2. The van der Waals surface area contributed by atoms with Gasteiger partial charge in [0, 0.05) is 17.6 Å². The number of rotatable bonds is 6. The third-order valence-corrected chi connectivity index (χ3v) is 4.26. The average Bonchev–Trinajstić information content (AvgIpc) is 2.72. The molecule has 0 spiro atoms. The molecule has 1 N–H and O–H groups in total. The Kier molecular flexibility index (Phi) is 5.89. The second-order valence-corrected chi connectivity index (χ2v) is 8.25.